The van der Waals surface area contributed by atoms with Gasteiger partial charge in [0.1, 0.15) is 0 Å². The van der Waals surface area contributed by atoms with Gasteiger partial charge >= 0.3 is 5.97 Å². The number of hydrogen-bond donors (Lipinski definition) is 0. The first kappa shape index (κ1) is 20.3. The lowest BCUT2D eigenvalue weighted by Gasteiger charge is -2.04. The molecule has 0 N–H and O–H groups in total. The summed E-state index contributed by atoms with van der Waals surface area (Å²) in [5, 5.41) is 0. The molecule has 0 saturated carbocycles. The van der Waals surface area contributed by atoms with E-state index in [0.717, 1.165) is 17.5 Å². The fourth-order valence-corrected chi connectivity index (χ4v) is 2.28. The average molecular weight is 364 g/mol. The lowest BCUT2D eigenvalue weighted by atomic mass is 10.2. The van der Waals surface area contributed by atoms with Crippen molar-refractivity contribution in [2.75, 3.05) is 13.7 Å². The Bertz CT molecular complexity index is 780. The summed E-state index contributed by atoms with van der Waals surface area (Å²) < 4.78 is 10.3. The number of benzene rings is 2. The van der Waals surface area contributed by atoms with Gasteiger partial charge in [0.05, 0.1) is 32.0 Å². The highest BCUT2D eigenvalue weighted by molar-refractivity contribution is 5.82. The third kappa shape index (κ3) is 8.77. The maximum absolute atomic E-state index is 11.5. The molecule has 0 unspecified atom stereocenters. The summed E-state index contributed by atoms with van der Waals surface area (Å²) >= 11 is 0. The molecule has 0 fully saturated rings. The topological polar surface area (TPSA) is 60.2 Å². The summed E-state index contributed by atoms with van der Waals surface area (Å²) in [7, 11) is 1.34. The van der Waals surface area contributed by atoms with Crippen LogP contribution >= 0.6 is 0 Å². The van der Waals surface area contributed by atoms with Gasteiger partial charge in [-0.1, -0.05) is 60.7 Å². The molecule has 140 valence electrons. The molecule has 0 atom stereocenters. The summed E-state index contributed by atoms with van der Waals surface area (Å²) in [5.41, 5.74) is 2.78. The minimum absolute atomic E-state index is 0.441. The zero-order valence-corrected chi connectivity index (χ0v) is 15.5. The monoisotopic (exact) mass is 364 g/mol. The number of aliphatic imine (C=N–C) groups is 2. The smallest absolute Gasteiger partial charge is 0.332 e. The quantitative estimate of drug-likeness (QED) is 0.271. The van der Waals surface area contributed by atoms with Gasteiger partial charge in [0.15, 0.2) is 0 Å². The van der Waals surface area contributed by atoms with Crippen LogP contribution in [0.1, 0.15) is 24.0 Å². The number of hydrogen-bond acceptors (Lipinski definition) is 5. The van der Waals surface area contributed by atoms with Crippen LogP contribution in [-0.2, 0) is 27.4 Å². The SMILES string of the molecule is COC(=O)/C=C(/CCCOCc1ccccc1)N=C=NCc1ccccc1. The molecule has 27 heavy (non-hydrogen) atoms. The van der Waals surface area contributed by atoms with E-state index in [1.807, 2.05) is 60.7 Å². The maximum atomic E-state index is 11.5. The molecule has 5 nitrogen and oxygen atoms in total. The minimum atomic E-state index is -0.441. The van der Waals surface area contributed by atoms with Crippen molar-refractivity contribution in [1.29, 1.82) is 0 Å². The van der Waals surface area contributed by atoms with Crippen molar-refractivity contribution in [2.45, 2.75) is 26.0 Å². The molecule has 0 heterocycles. The Morgan fingerprint density at radius 3 is 2.37 bits per heavy atom. The Morgan fingerprint density at radius 2 is 1.70 bits per heavy atom. The third-order valence-electron chi connectivity index (χ3n) is 3.69. The Hall–Kier alpha value is -3.01. The summed E-state index contributed by atoms with van der Waals surface area (Å²) in [6.45, 7) is 1.64. The lowest BCUT2D eigenvalue weighted by Crippen LogP contribution is -1.99. The van der Waals surface area contributed by atoms with Crippen LogP contribution in [0, 0.1) is 0 Å². The van der Waals surface area contributed by atoms with Crippen molar-refractivity contribution in [1.82, 2.24) is 0 Å². The Kier molecular flexibility index (Phi) is 9.29. The lowest BCUT2D eigenvalue weighted by molar-refractivity contribution is -0.134. The number of ether oxygens (including phenoxy) is 2. The van der Waals surface area contributed by atoms with Crippen LogP contribution in [0.4, 0.5) is 0 Å². The first-order chi connectivity index (χ1) is 13.3. The third-order valence-corrected chi connectivity index (χ3v) is 3.69. The van der Waals surface area contributed by atoms with Crippen LogP contribution in [0.5, 0.6) is 0 Å². The van der Waals surface area contributed by atoms with Crippen LogP contribution in [0.25, 0.3) is 0 Å². The van der Waals surface area contributed by atoms with E-state index in [1.54, 1.807) is 0 Å². The van der Waals surface area contributed by atoms with Gasteiger partial charge in [-0.2, -0.15) is 4.99 Å². The molecule has 0 aromatic heterocycles. The van der Waals surface area contributed by atoms with Crippen molar-refractivity contribution < 1.29 is 14.3 Å². The van der Waals surface area contributed by atoms with Gasteiger partial charge in [0, 0.05) is 12.7 Å². The highest BCUT2D eigenvalue weighted by atomic mass is 16.5. The highest BCUT2D eigenvalue weighted by Crippen LogP contribution is 2.08. The van der Waals surface area contributed by atoms with E-state index in [2.05, 4.69) is 20.7 Å². The van der Waals surface area contributed by atoms with Crippen LogP contribution in [0.3, 0.4) is 0 Å². The van der Waals surface area contributed by atoms with Crippen LogP contribution < -0.4 is 0 Å². The molecule has 0 aliphatic rings. The minimum Gasteiger partial charge on any atom is -0.466 e. The molecule has 2 aromatic rings. The van der Waals surface area contributed by atoms with Crippen molar-refractivity contribution in [3.8, 4) is 0 Å². The van der Waals surface area contributed by atoms with E-state index < -0.39 is 5.97 Å². The van der Waals surface area contributed by atoms with Gasteiger partial charge in [-0.3, -0.25) is 0 Å². The van der Waals surface area contributed by atoms with E-state index in [1.165, 1.54) is 13.2 Å². The summed E-state index contributed by atoms with van der Waals surface area (Å²) in [4.78, 5) is 19.8. The summed E-state index contributed by atoms with van der Waals surface area (Å²) in [6, 6.07) is 22.5. The fourth-order valence-electron chi connectivity index (χ4n) is 2.28. The number of allylic oxidation sites excluding steroid dienone is 1. The number of carbonyl (C=O) groups is 1. The zero-order chi connectivity index (χ0) is 19.2. The highest BCUT2D eigenvalue weighted by Gasteiger charge is 2.01. The first-order valence-corrected chi connectivity index (χ1v) is 8.84. The fraction of sp³-hybridized carbons (Fsp3) is 0.273. The van der Waals surface area contributed by atoms with E-state index >= 15 is 0 Å². The standard InChI is InChI=1S/C22H24N2O3/c1-26-22(25)15-21(24-18-23-16-19-9-4-2-5-10-19)13-8-14-27-17-20-11-6-3-7-12-20/h2-7,9-12,15H,8,13-14,16-17H2,1H3/b21-15-. The molecule has 0 amide bonds. The molecule has 0 saturated heterocycles. The number of esters is 1. The van der Waals surface area contributed by atoms with Gasteiger partial charge in [-0.15, -0.1) is 0 Å². The second-order valence-electron chi connectivity index (χ2n) is 5.81. The molecular weight excluding hydrogens is 340 g/mol. The van der Waals surface area contributed by atoms with Crippen molar-refractivity contribution in [3.63, 3.8) is 0 Å². The summed E-state index contributed by atoms with van der Waals surface area (Å²) in [6.07, 6.45) is 2.68. The van der Waals surface area contributed by atoms with Crippen LogP contribution in [0.15, 0.2) is 82.4 Å². The van der Waals surface area contributed by atoms with E-state index in [0.29, 0.717) is 31.9 Å². The van der Waals surface area contributed by atoms with Gasteiger partial charge in [-0.25, -0.2) is 9.79 Å². The Morgan fingerprint density at radius 1 is 1.04 bits per heavy atom. The molecule has 2 aromatic carbocycles. The molecule has 5 heteroatoms. The van der Waals surface area contributed by atoms with Crippen molar-refractivity contribution in [2.24, 2.45) is 9.98 Å². The van der Waals surface area contributed by atoms with E-state index in [-0.39, 0.29) is 0 Å². The predicted octanol–water partition coefficient (Wildman–Crippen LogP) is 4.41. The largest absolute Gasteiger partial charge is 0.466 e. The number of rotatable bonds is 10. The Balaban J connectivity index is 1.81. The predicted molar refractivity (Wildman–Crippen MR) is 105 cm³/mol. The molecule has 2 rings (SSSR count). The maximum Gasteiger partial charge on any atom is 0.332 e. The first-order valence-electron chi connectivity index (χ1n) is 8.84. The molecule has 0 aliphatic heterocycles. The number of carbonyl (C=O) groups excluding carboxylic acids is 1. The number of methoxy groups -OCH3 is 1. The van der Waals surface area contributed by atoms with E-state index in [4.69, 9.17) is 4.74 Å². The van der Waals surface area contributed by atoms with Gasteiger partial charge in [0.25, 0.3) is 0 Å². The second-order valence-corrected chi connectivity index (χ2v) is 5.81. The van der Waals surface area contributed by atoms with E-state index in [9.17, 15) is 4.79 Å². The normalized spacial score (nSPS) is 10.8. The van der Waals surface area contributed by atoms with Crippen molar-refractivity contribution in [3.05, 3.63) is 83.6 Å². The van der Waals surface area contributed by atoms with Crippen LogP contribution in [-0.4, -0.2) is 25.7 Å². The molecule has 0 bridgehead atoms. The second kappa shape index (κ2) is 12.4. The van der Waals surface area contributed by atoms with Crippen molar-refractivity contribution >= 4 is 12.0 Å². The summed E-state index contributed by atoms with van der Waals surface area (Å²) in [5.74, 6) is -0.441. The number of nitrogens with zero attached hydrogens (tertiary/aromatic N) is 2. The molecular formula is C22H24N2O3. The van der Waals surface area contributed by atoms with Gasteiger partial charge in [0.2, 0.25) is 0 Å². The van der Waals surface area contributed by atoms with Gasteiger partial charge < -0.3 is 9.47 Å². The average Bonchev–Trinajstić information content (AvgIpc) is 2.72. The zero-order valence-electron chi connectivity index (χ0n) is 15.5. The molecule has 0 aliphatic carbocycles. The molecule has 0 spiro atoms. The van der Waals surface area contributed by atoms with Crippen LogP contribution in [0.2, 0.25) is 0 Å². The Labute approximate surface area is 160 Å². The molecule has 0 radical (unpaired) electrons. The van der Waals surface area contributed by atoms with Gasteiger partial charge in [-0.05, 0) is 24.0 Å².